The Morgan fingerprint density at radius 2 is 2.13 bits per heavy atom. The number of nitrogens with two attached hydrogens (primary N) is 1. The second kappa shape index (κ2) is 4.06. The minimum absolute atomic E-state index is 0.0802. The van der Waals surface area contributed by atoms with Gasteiger partial charge >= 0.3 is 0 Å². The second-order valence-electron chi connectivity index (χ2n) is 4.11. The van der Waals surface area contributed by atoms with Gasteiger partial charge in [-0.25, -0.2) is 0 Å². The van der Waals surface area contributed by atoms with E-state index in [1.807, 2.05) is 25.1 Å². The van der Waals surface area contributed by atoms with Gasteiger partial charge in [0, 0.05) is 6.04 Å². The molecule has 1 aliphatic carbocycles. The summed E-state index contributed by atoms with van der Waals surface area (Å²) in [5, 5.41) is 0. The van der Waals surface area contributed by atoms with Crippen molar-refractivity contribution in [2.24, 2.45) is 5.73 Å². The number of carbonyl (C=O) groups excluding carboxylic acids is 1. The van der Waals surface area contributed by atoms with Crippen LogP contribution in [0.15, 0.2) is 24.3 Å². The molecule has 0 radical (unpaired) electrons. The lowest BCUT2D eigenvalue weighted by atomic mass is 9.78. The molecule has 0 aromatic heterocycles. The smallest absolute Gasteiger partial charge is 0.155 e. The summed E-state index contributed by atoms with van der Waals surface area (Å²) in [5.74, 6) is 0.0584. The summed E-state index contributed by atoms with van der Waals surface area (Å²) in [7, 11) is 0. The number of benzene rings is 1. The van der Waals surface area contributed by atoms with Crippen molar-refractivity contribution in [3.8, 4) is 0 Å². The van der Waals surface area contributed by atoms with E-state index in [1.54, 1.807) is 0 Å². The molecule has 0 aliphatic heterocycles. The average Bonchev–Trinajstić information content (AvgIpc) is 2.19. The lowest BCUT2D eigenvalue weighted by Crippen LogP contribution is -2.39. The average molecular weight is 268 g/mol. The molecular formula is C12H14BrNO. The molecule has 0 heterocycles. The highest BCUT2D eigenvalue weighted by atomic mass is 79.9. The molecule has 0 amide bonds. The molecule has 1 aromatic rings. The first-order valence-electron chi connectivity index (χ1n) is 5.12. The predicted molar refractivity (Wildman–Crippen MR) is 64.3 cm³/mol. The van der Waals surface area contributed by atoms with Gasteiger partial charge in [-0.3, -0.25) is 4.79 Å². The standard InChI is InChI=1S/C12H14BrNO/c1-7(14)11-9-5-3-2-4-8(9)6-10(13)12(11)15/h2-5,7,10-11H,6,14H2,1H3. The van der Waals surface area contributed by atoms with Crippen LogP contribution in [0.4, 0.5) is 0 Å². The highest BCUT2D eigenvalue weighted by molar-refractivity contribution is 9.10. The van der Waals surface area contributed by atoms with Crippen molar-refractivity contribution >= 4 is 21.7 Å². The molecule has 0 saturated carbocycles. The van der Waals surface area contributed by atoms with Gasteiger partial charge in [0.05, 0.1) is 10.7 Å². The second-order valence-corrected chi connectivity index (χ2v) is 5.21. The van der Waals surface area contributed by atoms with E-state index in [0.717, 1.165) is 12.0 Å². The van der Waals surface area contributed by atoms with E-state index in [-0.39, 0.29) is 22.6 Å². The minimum Gasteiger partial charge on any atom is -0.327 e. The molecule has 2 nitrogen and oxygen atoms in total. The topological polar surface area (TPSA) is 43.1 Å². The van der Waals surface area contributed by atoms with E-state index < -0.39 is 0 Å². The van der Waals surface area contributed by atoms with Crippen molar-refractivity contribution in [2.45, 2.75) is 30.1 Å². The summed E-state index contributed by atoms with van der Waals surface area (Å²) < 4.78 is 0. The number of carbonyl (C=O) groups is 1. The quantitative estimate of drug-likeness (QED) is 0.792. The zero-order valence-corrected chi connectivity index (χ0v) is 10.2. The SMILES string of the molecule is CC(N)C1C(=O)C(Br)Cc2ccccc21. The van der Waals surface area contributed by atoms with Crippen molar-refractivity contribution < 1.29 is 4.79 Å². The van der Waals surface area contributed by atoms with E-state index in [0.29, 0.717) is 0 Å². The first kappa shape index (κ1) is 10.8. The van der Waals surface area contributed by atoms with Crippen molar-refractivity contribution in [2.75, 3.05) is 0 Å². The Morgan fingerprint density at radius 1 is 1.47 bits per heavy atom. The number of rotatable bonds is 1. The normalized spacial score (nSPS) is 27.3. The van der Waals surface area contributed by atoms with Crippen molar-refractivity contribution in [1.82, 2.24) is 0 Å². The molecule has 1 aliphatic rings. The summed E-state index contributed by atoms with van der Waals surface area (Å²) in [6.45, 7) is 1.89. The van der Waals surface area contributed by atoms with Crippen LogP contribution in [0.1, 0.15) is 24.0 Å². The Kier molecular flexibility index (Phi) is 2.94. The minimum atomic E-state index is -0.153. The van der Waals surface area contributed by atoms with Crippen LogP contribution in [-0.2, 0) is 11.2 Å². The molecule has 2 rings (SSSR count). The van der Waals surface area contributed by atoms with E-state index in [9.17, 15) is 4.79 Å². The molecule has 0 spiro atoms. The molecule has 3 unspecified atom stereocenters. The number of halogens is 1. The first-order valence-corrected chi connectivity index (χ1v) is 6.04. The van der Waals surface area contributed by atoms with Crippen molar-refractivity contribution in [3.05, 3.63) is 35.4 Å². The Bertz CT molecular complexity index is 389. The van der Waals surface area contributed by atoms with Crippen LogP contribution in [0.5, 0.6) is 0 Å². The van der Waals surface area contributed by atoms with E-state index in [2.05, 4.69) is 22.0 Å². The van der Waals surface area contributed by atoms with Crippen LogP contribution in [-0.4, -0.2) is 16.7 Å². The lowest BCUT2D eigenvalue weighted by Gasteiger charge is -2.29. The Morgan fingerprint density at radius 3 is 2.80 bits per heavy atom. The van der Waals surface area contributed by atoms with E-state index >= 15 is 0 Å². The first-order chi connectivity index (χ1) is 7.11. The van der Waals surface area contributed by atoms with Gasteiger partial charge in [-0.2, -0.15) is 0 Å². The molecule has 2 N–H and O–H groups in total. The molecule has 3 atom stereocenters. The Labute approximate surface area is 98.0 Å². The van der Waals surface area contributed by atoms with Gasteiger partial charge in [-0.05, 0) is 24.5 Å². The molecule has 0 saturated heterocycles. The van der Waals surface area contributed by atoms with Gasteiger partial charge in [0.15, 0.2) is 5.78 Å². The third-order valence-corrected chi connectivity index (χ3v) is 3.71. The van der Waals surface area contributed by atoms with Crippen LogP contribution < -0.4 is 5.73 Å². The maximum absolute atomic E-state index is 12.0. The Balaban J connectivity index is 2.49. The van der Waals surface area contributed by atoms with Gasteiger partial charge in [-0.1, -0.05) is 40.2 Å². The van der Waals surface area contributed by atoms with Crippen LogP contribution in [0.25, 0.3) is 0 Å². The fourth-order valence-corrected chi connectivity index (χ4v) is 2.84. The summed E-state index contributed by atoms with van der Waals surface area (Å²) >= 11 is 3.43. The molecule has 3 heteroatoms. The third kappa shape index (κ3) is 1.86. The monoisotopic (exact) mass is 267 g/mol. The number of hydrogen-bond donors (Lipinski definition) is 1. The number of Topliss-reactive ketones (excluding diaryl/α,β-unsaturated/α-hetero) is 1. The van der Waals surface area contributed by atoms with Crippen LogP contribution in [0.3, 0.4) is 0 Å². The fourth-order valence-electron chi connectivity index (χ4n) is 2.21. The molecule has 1 aromatic carbocycles. The summed E-state index contributed by atoms with van der Waals surface area (Å²) in [4.78, 5) is 11.9. The third-order valence-electron chi connectivity index (χ3n) is 2.93. The van der Waals surface area contributed by atoms with Crippen LogP contribution in [0, 0.1) is 0 Å². The van der Waals surface area contributed by atoms with Crippen molar-refractivity contribution in [1.29, 1.82) is 0 Å². The maximum Gasteiger partial charge on any atom is 0.155 e. The molecule has 15 heavy (non-hydrogen) atoms. The van der Waals surface area contributed by atoms with Gasteiger partial charge in [0.1, 0.15) is 0 Å². The fraction of sp³-hybridized carbons (Fsp3) is 0.417. The van der Waals surface area contributed by atoms with Crippen LogP contribution in [0.2, 0.25) is 0 Å². The zero-order chi connectivity index (χ0) is 11.0. The summed E-state index contributed by atoms with van der Waals surface area (Å²) in [5.41, 5.74) is 8.24. The molecule has 0 fully saturated rings. The number of alkyl halides is 1. The predicted octanol–water partition coefficient (Wildman–Crippen LogP) is 2.01. The van der Waals surface area contributed by atoms with Gasteiger partial charge < -0.3 is 5.73 Å². The molecular weight excluding hydrogens is 254 g/mol. The number of fused-ring (bicyclic) bond motifs is 1. The van der Waals surface area contributed by atoms with Crippen molar-refractivity contribution in [3.63, 3.8) is 0 Å². The van der Waals surface area contributed by atoms with E-state index in [4.69, 9.17) is 5.73 Å². The highest BCUT2D eigenvalue weighted by Crippen LogP contribution is 2.33. The van der Waals surface area contributed by atoms with Gasteiger partial charge in [0.25, 0.3) is 0 Å². The highest BCUT2D eigenvalue weighted by Gasteiger charge is 2.35. The zero-order valence-electron chi connectivity index (χ0n) is 8.61. The maximum atomic E-state index is 12.0. The molecule has 80 valence electrons. The largest absolute Gasteiger partial charge is 0.327 e. The number of hydrogen-bond acceptors (Lipinski definition) is 2. The van der Waals surface area contributed by atoms with Gasteiger partial charge in [0.2, 0.25) is 0 Å². The van der Waals surface area contributed by atoms with E-state index in [1.165, 1.54) is 5.56 Å². The van der Waals surface area contributed by atoms with Crippen LogP contribution >= 0.6 is 15.9 Å². The molecule has 0 bridgehead atoms. The lowest BCUT2D eigenvalue weighted by molar-refractivity contribution is -0.120. The Hall–Kier alpha value is -0.670. The summed E-state index contributed by atoms with van der Waals surface area (Å²) in [6.07, 6.45) is 0.776. The number of ketones is 1. The summed E-state index contributed by atoms with van der Waals surface area (Å²) in [6, 6.07) is 7.94. The van der Waals surface area contributed by atoms with Gasteiger partial charge in [-0.15, -0.1) is 0 Å².